The van der Waals surface area contributed by atoms with Crippen LogP contribution in [-0.4, -0.2) is 58.0 Å². The van der Waals surface area contributed by atoms with E-state index in [1.807, 2.05) is 38.1 Å². The molecular weight excluding hydrogens is 610 g/mol. The number of halogens is 1. The van der Waals surface area contributed by atoms with Crippen LogP contribution in [0.3, 0.4) is 0 Å². The highest BCUT2D eigenvalue weighted by Gasteiger charge is 2.34. The van der Waals surface area contributed by atoms with Gasteiger partial charge in [-0.3, -0.25) is 13.9 Å². The van der Waals surface area contributed by atoms with Crippen molar-refractivity contribution in [3.05, 3.63) is 82.8 Å². The summed E-state index contributed by atoms with van der Waals surface area (Å²) < 4.78 is 40.6. The number of carbonyl (C=O) groups is 2. The summed E-state index contributed by atoms with van der Waals surface area (Å²) in [4.78, 5) is 28.6. The Bertz CT molecular complexity index is 1430. The smallest absolute Gasteiger partial charge is 0.264 e. The first-order chi connectivity index (χ1) is 19.5. The highest BCUT2D eigenvalue weighted by molar-refractivity contribution is 9.10. The Labute approximate surface area is 250 Å². The summed E-state index contributed by atoms with van der Waals surface area (Å²) in [6, 6.07) is 18.9. The Hall–Kier alpha value is -3.57. The minimum absolute atomic E-state index is 0.0287. The number of methoxy groups -OCH3 is 2. The number of sulfonamides is 1. The number of anilines is 1. The molecule has 1 N–H and O–H groups in total. The molecule has 0 saturated heterocycles. The molecule has 0 radical (unpaired) electrons. The number of carbonyl (C=O) groups excluding carboxylic acids is 2. The van der Waals surface area contributed by atoms with Crippen molar-refractivity contribution in [2.24, 2.45) is 0 Å². The average molecular weight is 647 g/mol. The highest BCUT2D eigenvalue weighted by Crippen LogP contribution is 2.33. The van der Waals surface area contributed by atoms with E-state index in [-0.39, 0.29) is 34.8 Å². The van der Waals surface area contributed by atoms with Crippen LogP contribution in [0.25, 0.3) is 0 Å². The third-order valence-corrected chi connectivity index (χ3v) is 9.02. The Balaban J connectivity index is 2.06. The van der Waals surface area contributed by atoms with Gasteiger partial charge in [-0.2, -0.15) is 0 Å². The Kier molecular flexibility index (Phi) is 11.2. The molecule has 0 spiro atoms. The lowest BCUT2D eigenvalue weighted by Gasteiger charge is -2.32. The maximum Gasteiger partial charge on any atom is 0.264 e. The second kappa shape index (κ2) is 14.4. The fourth-order valence-corrected chi connectivity index (χ4v) is 5.75. The average Bonchev–Trinajstić information content (AvgIpc) is 2.98. The number of amides is 2. The molecule has 0 heterocycles. The number of hydrogen-bond acceptors (Lipinski definition) is 6. The van der Waals surface area contributed by atoms with E-state index in [1.54, 1.807) is 31.2 Å². The first-order valence-corrected chi connectivity index (χ1v) is 15.4. The number of benzene rings is 3. The summed E-state index contributed by atoms with van der Waals surface area (Å²) in [5, 5.41) is 2.93. The molecule has 220 valence electrons. The second-order valence-corrected chi connectivity index (χ2v) is 12.3. The maximum atomic E-state index is 14.0. The number of ether oxygens (including phenoxy) is 2. The van der Waals surface area contributed by atoms with Crippen LogP contribution in [0.2, 0.25) is 0 Å². The van der Waals surface area contributed by atoms with E-state index in [9.17, 15) is 18.0 Å². The molecule has 3 aromatic carbocycles. The van der Waals surface area contributed by atoms with Crippen LogP contribution in [0.1, 0.15) is 32.8 Å². The van der Waals surface area contributed by atoms with Crippen molar-refractivity contribution in [3.63, 3.8) is 0 Å². The van der Waals surface area contributed by atoms with E-state index in [0.29, 0.717) is 5.75 Å². The van der Waals surface area contributed by atoms with Crippen LogP contribution in [-0.2, 0) is 26.2 Å². The van der Waals surface area contributed by atoms with Crippen LogP contribution >= 0.6 is 15.9 Å². The molecular formula is C30H36BrN3O6S. The monoisotopic (exact) mass is 645 g/mol. The highest BCUT2D eigenvalue weighted by atomic mass is 79.9. The van der Waals surface area contributed by atoms with Gasteiger partial charge in [-0.1, -0.05) is 47.1 Å². The van der Waals surface area contributed by atoms with Crippen LogP contribution in [0.4, 0.5) is 5.69 Å². The van der Waals surface area contributed by atoms with Gasteiger partial charge in [0.15, 0.2) is 0 Å². The SMILES string of the molecule is CC[C@H](C)NC(=O)[C@@H](C)N(Cc1ccc(Br)cc1)C(=O)CN(c1ccccc1OC)S(=O)(=O)c1ccc(OC)cc1. The van der Waals surface area contributed by atoms with Gasteiger partial charge in [-0.05, 0) is 74.4 Å². The molecule has 3 rings (SSSR count). The lowest BCUT2D eigenvalue weighted by molar-refractivity contribution is -0.139. The molecule has 0 unspecified atom stereocenters. The Morgan fingerprint density at radius 2 is 1.56 bits per heavy atom. The van der Waals surface area contributed by atoms with Gasteiger partial charge in [0, 0.05) is 17.1 Å². The van der Waals surface area contributed by atoms with Crippen LogP contribution in [0.5, 0.6) is 11.5 Å². The van der Waals surface area contributed by atoms with Gasteiger partial charge in [0.05, 0.1) is 24.8 Å². The molecule has 0 fully saturated rings. The first-order valence-electron chi connectivity index (χ1n) is 13.2. The van der Waals surface area contributed by atoms with Gasteiger partial charge in [0.2, 0.25) is 11.8 Å². The Morgan fingerprint density at radius 3 is 2.15 bits per heavy atom. The normalized spacial score (nSPS) is 12.6. The predicted octanol–water partition coefficient (Wildman–Crippen LogP) is 4.99. The van der Waals surface area contributed by atoms with Gasteiger partial charge in [0.25, 0.3) is 10.0 Å². The van der Waals surface area contributed by atoms with E-state index in [0.717, 1.165) is 20.8 Å². The molecule has 0 aliphatic carbocycles. The number of hydrogen-bond donors (Lipinski definition) is 1. The standard InChI is InChI=1S/C30H36BrN3O6S/c1-6-21(2)32-30(36)22(3)33(19-23-11-13-24(31)14-12-23)29(35)20-34(27-9-7-8-10-28(27)40-5)41(37,38)26-17-15-25(39-4)16-18-26/h7-18,21-22H,6,19-20H2,1-5H3,(H,32,36)/t21-,22+/m0/s1. The lowest BCUT2D eigenvalue weighted by atomic mass is 10.1. The quantitative estimate of drug-likeness (QED) is 0.281. The predicted molar refractivity (Wildman–Crippen MR) is 163 cm³/mol. The minimum Gasteiger partial charge on any atom is -0.497 e. The molecule has 41 heavy (non-hydrogen) atoms. The summed E-state index contributed by atoms with van der Waals surface area (Å²) in [6.45, 7) is 5.02. The zero-order valence-electron chi connectivity index (χ0n) is 23.8. The molecule has 0 aromatic heterocycles. The van der Waals surface area contributed by atoms with Crippen LogP contribution in [0.15, 0.2) is 82.2 Å². The number of para-hydroxylation sites is 2. The number of rotatable bonds is 13. The molecule has 0 bridgehead atoms. The van der Waals surface area contributed by atoms with Gasteiger partial charge in [0.1, 0.15) is 24.1 Å². The zero-order valence-corrected chi connectivity index (χ0v) is 26.2. The molecule has 11 heteroatoms. The summed E-state index contributed by atoms with van der Waals surface area (Å²) in [5.74, 6) is -0.112. The van der Waals surface area contributed by atoms with Crippen molar-refractivity contribution < 1.29 is 27.5 Å². The summed E-state index contributed by atoms with van der Waals surface area (Å²) in [7, 11) is -1.33. The topological polar surface area (TPSA) is 105 Å². The van der Waals surface area contributed by atoms with E-state index < -0.39 is 28.5 Å². The second-order valence-electron chi connectivity index (χ2n) is 9.50. The van der Waals surface area contributed by atoms with E-state index in [2.05, 4.69) is 21.2 Å². The summed E-state index contributed by atoms with van der Waals surface area (Å²) in [5.41, 5.74) is 0.978. The van der Waals surface area contributed by atoms with Crippen molar-refractivity contribution in [2.75, 3.05) is 25.1 Å². The molecule has 0 aliphatic heterocycles. The van der Waals surface area contributed by atoms with Gasteiger partial charge < -0.3 is 19.7 Å². The van der Waals surface area contributed by atoms with Crippen LogP contribution < -0.4 is 19.1 Å². The fraction of sp³-hybridized carbons (Fsp3) is 0.333. The van der Waals surface area contributed by atoms with E-state index in [4.69, 9.17) is 9.47 Å². The van der Waals surface area contributed by atoms with E-state index in [1.165, 1.54) is 43.4 Å². The summed E-state index contributed by atoms with van der Waals surface area (Å²) >= 11 is 3.42. The molecule has 2 atom stereocenters. The lowest BCUT2D eigenvalue weighted by Crippen LogP contribution is -2.52. The van der Waals surface area contributed by atoms with E-state index >= 15 is 0 Å². The number of nitrogens with zero attached hydrogens (tertiary/aromatic N) is 2. The molecule has 0 saturated carbocycles. The summed E-state index contributed by atoms with van der Waals surface area (Å²) in [6.07, 6.45) is 0.723. The fourth-order valence-electron chi connectivity index (χ4n) is 4.06. The van der Waals surface area contributed by atoms with Crippen LogP contribution in [0, 0.1) is 0 Å². The van der Waals surface area contributed by atoms with Gasteiger partial charge in [-0.15, -0.1) is 0 Å². The molecule has 3 aromatic rings. The van der Waals surface area contributed by atoms with Crippen molar-refractivity contribution in [1.82, 2.24) is 10.2 Å². The third-order valence-electron chi connectivity index (χ3n) is 6.71. The largest absolute Gasteiger partial charge is 0.497 e. The Morgan fingerprint density at radius 1 is 0.927 bits per heavy atom. The number of nitrogens with one attached hydrogen (secondary N) is 1. The maximum absolute atomic E-state index is 14.0. The van der Waals surface area contributed by atoms with Crippen molar-refractivity contribution in [1.29, 1.82) is 0 Å². The third kappa shape index (κ3) is 8.01. The molecule has 9 nitrogen and oxygen atoms in total. The van der Waals surface area contributed by atoms with Crippen molar-refractivity contribution in [3.8, 4) is 11.5 Å². The molecule has 0 aliphatic rings. The van der Waals surface area contributed by atoms with Crippen molar-refractivity contribution in [2.45, 2.75) is 50.7 Å². The van der Waals surface area contributed by atoms with Gasteiger partial charge >= 0.3 is 0 Å². The van der Waals surface area contributed by atoms with Gasteiger partial charge in [-0.25, -0.2) is 8.42 Å². The molecule has 2 amide bonds. The first kappa shape index (κ1) is 32.0. The zero-order chi connectivity index (χ0) is 30.2. The minimum atomic E-state index is -4.24. The van der Waals surface area contributed by atoms with Crippen molar-refractivity contribution >= 4 is 43.5 Å².